The van der Waals surface area contributed by atoms with Gasteiger partial charge < -0.3 is 10.1 Å². The molecular weight excluding hydrogens is 260 g/mol. The second-order valence-corrected chi connectivity index (χ2v) is 5.26. The van der Waals surface area contributed by atoms with Gasteiger partial charge in [-0.3, -0.25) is 0 Å². The number of nitrogens with zero attached hydrogens (tertiary/aromatic N) is 1. The maximum absolute atomic E-state index is 5.50. The molecule has 21 heavy (non-hydrogen) atoms. The summed E-state index contributed by atoms with van der Waals surface area (Å²) in [6, 6.07) is 22.1. The van der Waals surface area contributed by atoms with Crippen LogP contribution in [0.3, 0.4) is 0 Å². The number of hydrogen-bond donors (Lipinski definition) is 1. The molecule has 0 bridgehead atoms. The van der Waals surface area contributed by atoms with Crippen LogP contribution in [0.1, 0.15) is 11.1 Å². The third-order valence-corrected chi connectivity index (χ3v) is 3.56. The highest BCUT2D eigenvalue weighted by Gasteiger charge is 2.15. The average Bonchev–Trinajstić information content (AvgIpc) is 3.02. The maximum atomic E-state index is 5.50. The van der Waals surface area contributed by atoms with Gasteiger partial charge in [0, 0.05) is 6.04 Å². The number of rotatable bonds is 5. The van der Waals surface area contributed by atoms with Gasteiger partial charge in [0.25, 0.3) is 6.02 Å². The van der Waals surface area contributed by atoms with Gasteiger partial charge in [-0.2, -0.15) is 0 Å². The lowest BCUT2D eigenvalue weighted by molar-refractivity contribution is 0.324. The summed E-state index contributed by atoms with van der Waals surface area (Å²) in [5.74, 6) is 0. The molecule has 3 heteroatoms. The van der Waals surface area contributed by atoms with Crippen molar-refractivity contribution in [1.82, 2.24) is 5.32 Å². The molecule has 0 saturated carbocycles. The first-order valence-corrected chi connectivity index (χ1v) is 7.42. The van der Waals surface area contributed by atoms with E-state index in [1.165, 1.54) is 11.1 Å². The van der Waals surface area contributed by atoms with E-state index in [1.54, 1.807) is 0 Å². The van der Waals surface area contributed by atoms with E-state index in [9.17, 15) is 0 Å². The van der Waals surface area contributed by atoms with Gasteiger partial charge in [-0.15, -0.1) is 0 Å². The summed E-state index contributed by atoms with van der Waals surface area (Å²) in [6.07, 6.45) is 1.91. The van der Waals surface area contributed by atoms with Gasteiger partial charge in [-0.1, -0.05) is 60.7 Å². The number of benzene rings is 2. The third kappa shape index (κ3) is 4.09. The molecule has 0 spiro atoms. The Hall–Kier alpha value is -2.29. The van der Waals surface area contributed by atoms with Crippen LogP contribution in [0.2, 0.25) is 0 Å². The zero-order valence-corrected chi connectivity index (χ0v) is 12.0. The van der Waals surface area contributed by atoms with E-state index in [2.05, 4.69) is 58.8 Å². The van der Waals surface area contributed by atoms with Crippen LogP contribution in [0.25, 0.3) is 0 Å². The molecule has 3 nitrogen and oxygen atoms in total. The average molecular weight is 280 g/mol. The van der Waals surface area contributed by atoms with Crippen LogP contribution in [0.15, 0.2) is 65.7 Å². The molecule has 0 aliphatic carbocycles. The normalized spacial score (nSPS) is 13.9. The van der Waals surface area contributed by atoms with Crippen LogP contribution in [0, 0.1) is 0 Å². The van der Waals surface area contributed by atoms with Crippen LogP contribution in [0.5, 0.6) is 0 Å². The van der Waals surface area contributed by atoms with Crippen LogP contribution in [0.4, 0.5) is 0 Å². The van der Waals surface area contributed by atoms with Gasteiger partial charge >= 0.3 is 0 Å². The third-order valence-electron chi connectivity index (χ3n) is 3.56. The van der Waals surface area contributed by atoms with E-state index in [0.29, 0.717) is 12.6 Å². The van der Waals surface area contributed by atoms with Crippen LogP contribution in [-0.4, -0.2) is 25.2 Å². The summed E-state index contributed by atoms with van der Waals surface area (Å²) in [6.45, 7) is 1.44. The minimum absolute atomic E-state index is 0.284. The molecule has 0 aromatic heterocycles. The van der Waals surface area contributed by atoms with E-state index < -0.39 is 0 Å². The standard InChI is InChI=1S/C18H20N2O/c1-3-7-15(8-4-1)13-17(20-18-19-11-12-21-18)14-16-9-5-2-6-10-16/h1-10,17H,11-14H2,(H,19,20). The zero-order valence-electron chi connectivity index (χ0n) is 12.0. The molecule has 0 unspecified atom stereocenters. The predicted octanol–water partition coefficient (Wildman–Crippen LogP) is 2.82. The Morgan fingerprint density at radius 3 is 1.95 bits per heavy atom. The highest BCUT2D eigenvalue weighted by atomic mass is 16.5. The van der Waals surface area contributed by atoms with Crippen LogP contribution < -0.4 is 5.32 Å². The Labute approximate surface area is 125 Å². The smallest absolute Gasteiger partial charge is 0.285 e. The summed E-state index contributed by atoms with van der Waals surface area (Å²) in [7, 11) is 0. The summed E-state index contributed by atoms with van der Waals surface area (Å²) in [5.41, 5.74) is 2.65. The number of nitrogens with one attached hydrogen (secondary N) is 1. The Bertz CT molecular complexity index is 539. The summed E-state index contributed by atoms with van der Waals surface area (Å²) in [4.78, 5) is 4.34. The molecule has 1 N–H and O–H groups in total. The molecule has 1 aliphatic heterocycles. The Morgan fingerprint density at radius 2 is 1.48 bits per heavy atom. The van der Waals surface area contributed by atoms with Crippen molar-refractivity contribution in [1.29, 1.82) is 0 Å². The van der Waals surface area contributed by atoms with Crippen molar-refractivity contribution in [2.24, 2.45) is 4.99 Å². The second-order valence-electron chi connectivity index (χ2n) is 5.26. The molecule has 3 rings (SSSR count). The molecule has 1 heterocycles. The van der Waals surface area contributed by atoms with Crippen molar-refractivity contribution in [3.63, 3.8) is 0 Å². The summed E-state index contributed by atoms with van der Waals surface area (Å²) >= 11 is 0. The Balaban J connectivity index is 1.70. The van der Waals surface area contributed by atoms with E-state index in [1.807, 2.05) is 12.1 Å². The van der Waals surface area contributed by atoms with Gasteiger partial charge in [0.15, 0.2) is 0 Å². The molecule has 1 aliphatic rings. The first kappa shape index (κ1) is 13.7. The molecule has 0 amide bonds. The quantitative estimate of drug-likeness (QED) is 0.913. The largest absolute Gasteiger partial charge is 0.463 e. The monoisotopic (exact) mass is 280 g/mol. The van der Waals surface area contributed by atoms with Gasteiger partial charge in [0.2, 0.25) is 0 Å². The minimum Gasteiger partial charge on any atom is -0.463 e. The van der Waals surface area contributed by atoms with E-state index in [4.69, 9.17) is 4.74 Å². The van der Waals surface area contributed by atoms with Gasteiger partial charge in [-0.05, 0) is 24.0 Å². The topological polar surface area (TPSA) is 33.6 Å². The van der Waals surface area contributed by atoms with Crippen molar-refractivity contribution in [2.45, 2.75) is 18.9 Å². The molecule has 108 valence electrons. The molecule has 2 aromatic carbocycles. The lowest BCUT2D eigenvalue weighted by atomic mass is 9.99. The highest BCUT2D eigenvalue weighted by Crippen LogP contribution is 2.10. The first-order chi connectivity index (χ1) is 10.4. The lowest BCUT2D eigenvalue weighted by Crippen LogP contribution is -2.38. The number of hydrogen-bond acceptors (Lipinski definition) is 3. The molecule has 0 fully saturated rings. The predicted molar refractivity (Wildman–Crippen MR) is 85.5 cm³/mol. The van der Waals surface area contributed by atoms with Crippen LogP contribution in [-0.2, 0) is 17.6 Å². The molecule has 0 saturated heterocycles. The highest BCUT2D eigenvalue weighted by molar-refractivity contribution is 5.75. The molecular formula is C18H20N2O. The lowest BCUT2D eigenvalue weighted by Gasteiger charge is -2.19. The minimum atomic E-state index is 0.284. The molecule has 0 radical (unpaired) electrons. The van der Waals surface area contributed by atoms with Crippen molar-refractivity contribution in [3.05, 3.63) is 71.8 Å². The number of ether oxygens (including phenoxy) is 1. The fourth-order valence-corrected chi connectivity index (χ4v) is 2.57. The summed E-state index contributed by atoms with van der Waals surface area (Å²) in [5, 5.41) is 3.44. The number of amidine groups is 1. The summed E-state index contributed by atoms with van der Waals surface area (Å²) < 4.78 is 5.50. The zero-order chi connectivity index (χ0) is 14.3. The Kier molecular flexibility index (Phi) is 4.52. The van der Waals surface area contributed by atoms with E-state index in [-0.39, 0.29) is 6.04 Å². The Morgan fingerprint density at radius 1 is 0.905 bits per heavy atom. The maximum Gasteiger partial charge on any atom is 0.285 e. The van der Waals surface area contributed by atoms with Crippen molar-refractivity contribution in [2.75, 3.05) is 13.2 Å². The van der Waals surface area contributed by atoms with Gasteiger partial charge in [0.1, 0.15) is 6.61 Å². The molecule has 0 atom stereocenters. The van der Waals surface area contributed by atoms with Crippen molar-refractivity contribution < 1.29 is 4.74 Å². The van der Waals surface area contributed by atoms with Crippen LogP contribution >= 0.6 is 0 Å². The first-order valence-electron chi connectivity index (χ1n) is 7.42. The van der Waals surface area contributed by atoms with E-state index >= 15 is 0 Å². The van der Waals surface area contributed by atoms with Gasteiger partial charge in [0.05, 0.1) is 6.54 Å². The fraction of sp³-hybridized carbons (Fsp3) is 0.278. The van der Waals surface area contributed by atoms with Crippen molar-refractivity contribution in [3.8, 4) is 0 Å². The SMILES string of the molecule is c1ccc(CC(Cc2ccccc2)NC2=NCCO2)cc1. The fourth-order valence-electron chi connectivity index (χ4n) is 2.57. The molecule has 2 aromatic rings. The van der Waals surface area contributed by atoms with Crippen molar-refractivity contribution >= 4 is 6.02 Å². The number of aliphatic imine (C=N–C) groups is 1. The van der Waals surface area contributed by atoms with E-state index in [0.717, 1.165) is 19.4 Å². The van der Waals surface area contributed by atoms with Gasteiger partial charge in [-0.25, -0.2) is 4.99 Å². The second kappa shape index (κ2) is 6.93.